The van der Waals surface area contributed by atoms with E-state index in [-0.39, 0.29) is 5.56 Å². The van der Waals surface area contributed by atoms with E-state index in [1.807, 2.05) is 24.5 Å². The van der Waals surface area contributed by atoms with Gasteiger partial charge in [-0.05, 0) is 46.8 Å². The maximum Gasteiger partial charge on any atom is 0.293 e. The molecule has 0 aliphatic heterocycles. The van der Waals surface area contributed by atoms with E-state index in [0.717, 1.165) is 0 Å². The van der Waals surface area contributed by atoms with Crippen LogP contribution < -0.4 is 11.0 Å². The second kappa shape index (κ2) is 5.21. The van der Waals surface area contributed by atoms with Crippen molar-refractivity contribution in [3.8, 4) is 0 Å². The number of nitrogens with one attached hydrogen (secondary N) is 1. The molecule has 2 aromatic rings. The molecule has 1 N–H and O–H groups in total. The molecule has 1 saturated carbocycles. The monoisotopic (exact) mass is 322 g/mol. The van der Waals surface area contributed by atoms with E-state index < -0.39 is 0 Å². The Hall–Kier alpha value is -1.56. The first-order chi connectivity index (χ1) is 9.24. The van der Waals surface area contributed by atoms with E-state index in [2.05, 4.69) is 26.5 Å². The first-order valence-electron chi connectivity index (χ1n) is 6.39. The van der Waals surface area contributed by atoms with Gasteiger partial charge in [-0.1, -0.05) is 6.42 Å². The quantitative estimate of drug-likeness (QED) is 0.940. The minimum atomic E-state index is -0.0880. The van der Waals surface area contributed by atoms with Crippen LogP contribution >= 0.6 is 15.9 Å². The second-order valence-electron chi connectivity index (χ2n) is 4.85. The van der Waals surface area contributed by atoms with Gasteiger partial charge in [0.1, 0.15) is 5.69 Å². The molecule has 6 heteroatoms. The highest BCUT2D eigenvalue weighted by Gasteiger charge is 2.20. The average Bonchev–Trinajstić information content (AvgIpc) is 2.84. The van der Waals surface area contributed by atoms with Gasteiger partial charge in [0.25, 0.3) is 5.56 Å². The van der Waals surface area contributed by atoms with Crippen LogP contribution in [0.4, 0.5) is 5.69 Å². The van der Waals surface area contributed by atoms with Crippen LogP contribution in [-0.2, 0) is 6.54 Å². The van der Waals surface area contributed by atoms with E-state index in [1.165, 1.54) is 19.3 Å². The highest BCUT2D eigenvalue weighted by molar-refractivity contribution is 9.10. The third-order valence-electron chi connectivity index (χ3n) is 3.50. The van der Waals surface area contributed by atoms with Crippen LogP contribution in [0.2, 0.25) is 0 Å². The van der Waals surface area contributed by atoms with Crippen LogP contribution in [0.1, 0.15) is 19.3 Å². The number of halogens is 1. The predicted molar refractivity (Wildman–Crippen MR) is 77.0 cm³/mol. The van der Waals surface area contributed by atoms with E-state index in [1.54, 1.807) is 15.6 Å². The van der Waals surface area contributed by atoms with E-state index >= 15 is 0 Å². The summed E-state index contributed by atoms with van der Waals surface area (Å²) in [4.78, 5) is 12.4. The molecule has 0 saturated heterocycles. The standard InChI is InChI=1S/C13H15BrN4O/c14-11-8-15-18(9-10-4-3-5-10)13(19)12(11)16-17-6-1-2-7-17/h1-2,6-8,10,16H,3-5,9H2. The zero-order chi connectivity index (χ0) is 13.2. The number of anilines is 1. The van der Waals surface area contributed by atoms with Crippen LogP contribution in [0.3, 0.4) is 0 Å². The molecule has 5 nitrogen and oxygen atoms in total. The van der Waals surface area contributed by atoms with Gasteiger partial charge in [0.2, 0.25) is 0 Å². The molecule has 0 amide bonds. The Morgan fingerprint density at radius 3 is 2.74 bits per heavy atom. The van der Waals surface area contributed by atoms with Gasteiger partial charge < -0.3 is 0 Å². The lowest BCUT2D eigenvalue weighted by molar-refractivity contribution is 0.262. The van der Waals surface area contributed by atoms with Crippen molar-refractivity contribution >= 4 is 21.6 Å². The summed E-state index contributed by atoms with van der Waals surface area (Å²) >= 11 is 3.37. The summed E-state index contributed by atoms with van der Waals surface area (Å²) in [6.07, 6.45) is 9.04. The Morgan fingerprint density at radius 1 is 1.37 bits per heavy atom. The van der Waals surface area contributed by atoms with Crippen molar-refractivity contribution in [3.63, 3.8) is 0 Å². The van der Waals surface area contributed by atoms with Crippen molar-refractivity contribution in [1.29, 1.82) is 0 Å². The van der Waals surface area contributed by atoms with Crippen molar-refractivity contribution in [1.82, 2.24) is 14.5 Å². The highest BCUT2D eigenvalue weighted by atomic mass is 79.9. The molecule has 0 bridgehead atoms. The molecule has 19 heavy (non-hydrogen) atoms. The third kappa shape index (κ3) is 2.58. The highest BCUT2D eigenvalue weighted by Crippen LogP contribution is 2.27. The molecule has 1 aliphatic rings. The van der Waals surface area contributed by atoms with Crippen molar-refractivity contribution in [3.05, 3.63) is 45.5 Å². The number of hydrogen-bond donors (Lipinski definition) is 1. The normalized spacial score (nSPS) is 15.2. The summed E-state index contributed by atoms with van der Waals surface area (Å²) < 4.78 is 3.98. The van der Waals surface area contributed by atoms with E-state index in [9.17, 15) is 4.79 Å². The van der Waals surface area contributed by atoms with Crippen LogP contribution in [0.25, 0.3) is 0 Å². The summed E-state index contributed by atoms with van der Waals surface area (Å²) in [5, 5.41) is 4.20. The first-order valence-corrected chi connectivity index (χ1v) is 7.19. The molecule has 100 valence electrons. The van der Waals surface area contributed by atoms with Crippen LogP contribution in [-0.4, -0.2) is 14.5 Å². The topological polar surface area (TPSA) is 51.9 Å². The molecule has 1 fully saturated rings. The van der Waals surface area contributed by atoms with Gasteiger partial charge in [0, 0.05) is 18.9 Å². The van der Waals surface area contributed by atoms with Crippen molar-refractivity contribution in [2.24, 2.45) is 5.92 Å². The van der Waals surface area contributed by atoms with Crippen molar-refractivity contribution < 1.29 is 0 Å². The molecular formula is C13H15BrN4O. The Labute approximate surface area is 119 Å². The molecule has 0 spiro atoms. The van der Waals surface area contributed by atoms with Gasteiger partial charge in [-0.2, -0.15) is 5.10 Å². The number of nitrogens with zero attached hydrogens (tertiary/aromatic N) is 3. The van der Waals surface area contributed by atoms with Crippen LogP contribution in [0, 0.1) is 5.92 Å². The Bertz CT molecular complexity index is 616. The van der Waals surface area contributed by atoms with Crippen molar-refractivity contribution in [2.45, 2.75) is 25.8 Å². The number of aromatic nitrogens is 3. The average molecular weight is 323 g/mol. The maximum atomic E-state index is 12.4. The van der Waals surface area contributed by atoms with Gasteiger partial charge >= 0.3 is 0 Å². The molecule has 1 aliphatic carbocycles. The summed E-state index contributed by atoms with van der Waals surface area (Å²) in [7, 11) is 0. The zero-order valence-electron chi connectivity index (χ0n) is 10.4. The lowest BCUT2D eigenvalue weighted by Gasteiger charge is -2.25. The molecule has 0 aromatic carbocycles. The summed E-state index contributed by atoms with van der Waals surface area (Å²) in [5.74, 6) is 0.603. The summed E-state index contributed by atoms with van der Waals surface area (Å²) in [6, 6.07) is 3.80. The van der Waals surface area contributed by atoms with Gasteiger partial charge in [0.05, 0.1) is 10.7 Å². The second-order valence-corrected chi connectivity index (χ2v) is 5.71. The Balaban J connectivity index is 1.89. The van der Waals surface area contributed by atoms with Crippen LogP contribution in [0.15, 0.2) is 40.0 Å². The lowest BCUT2D eigenvalue weighted by Crippen LogP contribution is -2.31. The number of hydrogen-bond acceptors (Lipinski definition) is 3. The molecule has 0 radical (unpaired) electrons. The Kier molecular flexibility index (Phi) is 3.42. The molecule has 0 atom stereocenters. The summed E-state index contributed by atoms with van der Waals surface area (Å²) in [5.41, 5.74) is 3.50. The maximum absolute atomic E-state index is 12.4. The minimum Gasteiger partial charge on any atom is -0.289 e. The molecule has 0 unspecified atom stereocenters. The van der Waals surface area contributed by atoms with Gasteiger partial charge in [-0.3, -0.25) is 14.9 Å². The fraction of sp³-hybridized carbons (Fsp3) is 0.385. The predicted octanol–water partition coefficient (Wildman–Crippen LogP) is 2.48. The van der Waals surface area contributed by atoms with E-state index in [4.69, 9.17) is 0 Å². The van der Waals surface area contributed by atoms with Crippen molar-refractivity contribution in [2.75, 3.05) is 5.43 Å². The molecular weight excluding hydrogens is 308 g/mol. The number of rotatable bonds is 4. The molecule has 2 heterocycles. The smallest absolute Gasteiger partial charge is 0.289 e. The first kappa shape index (κ1) is 12.5. The minimum absolute atomic E-state index is 0.0880. The fourth-order valence-electron chi connectivity index (χ4n) is 2.16. The summed E-state index contributed by atoms with van der Waals surface area (Å²) in [6.45, 7) is 0.715. The largest absolute Gasteiger partial charge is 0.293 e. The van der Waals surface area contributed by atoms with Gasteiger partial charge in [0.15, 0.2) is 0 Å². The lowest BCUT2D eigenvalue weighted by atomic mass is 9.85. The zero-order valence-corrected chi connectivity index (χ0v) is 12.0. The van der Waals surface area contributed by atoms with Gasteiger partial charge in [-0.25, -0.2) is 4.68 Å². The third-order valence-corrected chi connectivity index (χ3v) is 4.10. The molecule has 2 aromatic heterocycles. The van der Waals surface area contributed by atoms with Crippen LogP contribution in [0.5, 0.6) is 0 Å². The SMILES string of the molecule is O=c1c(Nn2cccc2)c(Br)cnn1CC1CCC1. The van der Waals surface area contributed by atoms with E-state index in [0.29, 0.717) is 22.6 Å². The Morgan fingerprint density at radius 2 is 2.11 bits per heavy atom. The van der Waals surface area contributed by atoms with Gasteiger partial charge in [-0.15, -0.1) is 0 Å². The fourth-order valence-corrected chi connectivity index (χ4v) is 2.51. The molecule has 3 rings (SSSR count).